The lowest BCUT2D eigenvalue weighted by Gasteiger charge is -2.13. The number of halogens is 1. The molecule has 0 saturated carbocycles. The summed E-state index contributed by atoms with van der Waals surface area (Å²) in [5.74, 6) is -0.203. The number of nitrogens with one attached hydrogen (secondary N) is 3. The first-order chi connectivity index (χ1) is 11.2. The molecule has 2 heterocycles. The minimum absolute atomic E-state index is 0.203. The van der Waals surface area contributed by atoms with Crippen LogP contribution in [0.1, 0.15) is 23.7 Å². The van der Waals surface area contributed by atoms with Gasteiger partial charge in [0.25, 0.3) is 5.91 Å². The van der Waals surface area contributed by atoms with E-state index in [0.717, 1.165) is 24.0 Å². The van der Waals surface area contributed by atoms with Crippen molar-refractivity contribution < 1.29 is 4.79 Å². The maximum Gasteiger partial charge on any atom is 0.257 e. The van der Waals surface area contributed by atoms with Crippen molar-refractivity contribution in [3.8, 4) is 0 Å². The molecule has 1 amide bonds. The molecule has 0 saturated heterocycles. The van der Waals surface area contributed by atoms with Gasteiger partial charge in [0.05, 0.1) is 16.9 Å². The van der Waals surface area contributed by atoms with Crippen molar-refractivity contribution >= 4 is 39.9 Å². The quantitative estimate of drug-likeness (QED) is 0.654. The molecule has 5 nitrogen and oxygen atoms in total. The fourth-order valence-electron chi connectivity index (χ4n) is 2.37. The molecule has 2 aromatic heterocycles. The standard InChI is InChI=1S/C17H17ClN4O/c1-2-7-19-14-6-5-11(18)9-15(14)22-17(23)13-10-21-16-12(13)4-3-8-20-16/h3-6,8-10,19H,2,7H2,1H3,(H,20,21)(H,22,23). The normalized spacial score (nSPS) is 10.7. The number of rotatable bonds is 5. The molecular weight excluding hydrogens is 312 g/mol. The first-order valence-electron chi connectivity index (χ1n) is 7.46. The molecule has 0 aliphatic rings. The van der Waals surface area contributed by atoms with E-state index in [-0.39, 0.29) is 5.91 Å². The highest BCUT2D eigenvalue weighted by Crippen LogP contribution is 2.27. The molecule has 0 fully saturated rings. The summed E-state index contributed by atoms with van der Waals surface area (Å²) in [5, 5.41) is 7.56. The van der Waals surface area contributed by atoms with E-state index in [0.29, 0.717) is 21.9 Å². The maximum atomic E-state index is 12.6. The molecule has 0 atom stereocenters. The van der Waals surface area contributed by atoms with Gasteiger partial charge in [-0.15, -0.1) is 0 Å². The van der Waals surface area contributed by atoms with E-state index >= 15 is 0 Å². The van der Waals surface area contributed by atoms with Gasteiger partial charge in [-0.05, 0) is 36.8 Å². The summed E-state index contributed by atoms with van der Waals surface area (Å²) >= 11 is 6.06. The third kappa shape index (κ3) is 3.29. The molecule has 3 aromatic rings. The number of amides is 1. The monoisotopic (exact) mass is 328 g/mol. The van der Waals surface area contributed by atoms with Crippen LogP contribution in [0.5, 0.6) is 0 Å². The van der Waals surface area contributed by atoms with E-state index in [1.807, 2.05) is 12.1 Å². The van der Waals surface area contributed by atoms with E-state index in [4.69, 9.17) is 11.6 Å². The number of carbonyl (C=O) groups excluding carboxylic acids is 1. The molecule has 0 spiro atoms. The molecule has 118 valence electrons. The molecule has 0 unspecified atom stereocenters. The van der Waals surface area contributed by atoms with Crippen molar-refractivity contribution in [2.24, 2.45) is 0 Å². The minimum Gasteiger partial charge on any atom is -0.383 e. The van der Waals surface area contributed by atoms with Crippen LogP contribution in [0.3, 0.4) is 0 Å². The van der Waals surface area contributed by atoms with Gasteiger partial charge >= 0.3 is 0 Å². The topological polar surface area (TPSA) is 69.8 Å². The number of nitrogens with zero attached hydrogens (tertiary/aromatic N) is 1. The highest BCUT2D eigenvalue weighted by molar-refractivity contribution is 6.31. The van der Waals surface area contributed by atoms with E-state index < -0.39 is 0 Å². The van der Waals surface area contributed by atoms with Crippen molar-refractivity contribution in [3.05, 3.63) is 53.3 Å². The highest BCUT2D eigenvalue weighted by atomic mass is 35.5. The van der Waals surface area contributed by atoms with Crippen LogP contribution in [0.15, 0.2) is 42.7 Å². The van der Waals surface area contributed by atoms with Gasteiger partial charge < -0.3 is 15.6 Å². The molecule has 0 radical (unpaired) electrons. The predicted molar refractivity (Wildman–Crippen MR) is 94.3 cm³/mol. The number of fused-ring (bicyclic) bond motifs is 1. The molecule has 3 N–H and O–H groups in total. The lowest BCUT2D eigenvalue weighted by atomic mass is 10.2. The Kier molecular flexibility index (Phi) is 4.48. The second-order valence-electron chi connectivity index (χ2n) is 5.17. The first-order valence-corrected chi connectivity index (χ1v) is 7.83. The molecule has 0 bridgehead atoms. The number of aromatic amines is 1. The summed E-state index contributed by atoms with van der Waals surface area (Å²) in [4.78, 5) is 19.8. The Bertz CT molecular complexity index is 843. The minimum atomic E-state index is -0.203. The molecule has 0 aliphatic carbocycles. The van der Waals surface area contributed by atoms with Crippen LogP contribution in [0.2, 0.25) is 5.02 Å². The number of carbonyl (C=O) groups is 1. The highest BCUT2D eigenvalue weighted by Gasteiger charge is 2.14. The zero-order valence-electron chi connectivity index (χ0n) is 12.7. The van der Waals surface area contributed by atoms with Gasteiger partial charge in [0, 0.05) is 29.3 Å². The second kappa shape index (κ2) is 6.71. The largest absolute Gasteiger partial charge is 0.383 e. The molecular formula is C17H17ClN4O. The summed E-state index contributed by atoms with van der Waals surface area (Å²) in [7, 11) is 0. The van der Waals surface area contributed by atoms with Crippen LogP contribution in [0.25, 0.3) is 11.0 Å². The summed E-state index contributed by atoms with van der Waals surface area (Å²) in [5.41, 5.74) is 2.75. The van der Waals surface area contributed by atoms with Crippen LogP contribution >= 0.6 is 11.6 Å². The fraction of sp³-hybridized carbons (Fsp3) is 0.176. The van der Waals surface area contributed by atoms with Crippen LogP contribution in [0.4, 0.5) is 11.4 Å². The Hall–Kier alpha value is -2.53. The maximum absolute atomic E-state index is 12.6. The zero-order chi connectivity index (χ0) is 16.2. The average Bonchev–Trinajstić information content (AvgIpc) is 2.98. The number of H-pyrrole nitrogens is 1. The SMILES string of the molecule is CCCNc1ccc(Cl)cc1NC(=O)c1c[nH]c2ncccc12. The van der Waals surface area contributed by atoms with Gasteiger partial charge in [-0.3, -0.25) is 4.79 Å². The van der Waals surface area contributed by atoms with Crippen LogP contribution in [-0.4, -0.2) is 22.4 Å². The van der Waals surface area contributed by atoms with Crippen molar-refractivity contribution in [2.45, 2.75) is 13.3 Å². The van der Waals surface area contributed by atoms with Gasteiger partial charge in [-0.25, -0.2) is 4.98 Å². The van der Waals surface area contributed by atoms with Gasteiger partial charge in [0.15, 0.2) is 0 Å². The van der Waals surface area contributed by atoms with Crippen molar-refractivity contribution in [2.75, 3.05) is 17.2 Å². The van der Waals surface area contributed by atoms with Crippen molar-refractivity contribution in [1.29, 1.82) is 0 Å². The smallest absolute Gasteiger partial charge is 0.257 e. The number of hydrogen-bond donors (Lipinski definition) is 3. The summed E-state index contributed by atoms with van der Waals surface area (Å²) < 4.78 is 0. The molecule has 6 heteroatoms. The van der Waals surface area contributed by atoms with Crippen LogP contribution < -0.4 is 10.6 Å². The van der Waals surface area contributed by atoms with Crippen molar-refractivity contribution in [3.63, 3.8) is 0 Å². The number of pyridine rings is 1. The van der Waals surface area contributed by atoms with Gasteiger partial charge in [-0.1, -0.05) is 18.5 Å². The molecule has 0 aliphatic heterocycles. The van der Waals surface area contributed by atoms with Gasteiger partial charge in [-0.2, -0.15) is 0 Å². The Labute approximate surface area is 139 Å². The summed E-state index contributed by atoms with van der Waals surface area (Å²) in [6, 6.07) is 9.07. The molecule has 23 heavy (non-hydrogen) atoms. The first kappa shape index (κ1) is 15.4. The van der Waals surface area contributed by atoms with E-state index in [1.54, 1.807) is 30.6 Å². The summed E-state index contributed by atoms with van der Waals surface area (Å²) in [6.07, 6.45) is 4.34. The average molecular weight is 329 g/mol. The lowest BCUT2D eigenvalue weighted by molar-refractivity contribution is 0.102. The number of benzene rings is 1. The number of aromatic nitrogens is 2. The number of hydrogen-bond acceptors (Lipinski definition) is 3. The van der Waals surface area contributed by atoms with Gasteiger partial charge in [0.2, 0.25) is 0 Å². The molecule has 3 rings (SSSR count). The Morgan fingerprint density at radius 1 is 1.30 bits per heavy atom. The van der Waals surface area contributed by atoms with E-state index in [2.05, 4.69) is 27.5 Å². The Morgan fingerprint density at radius 3 is 3.00 bits per heavy atom. The predicted octanol–water partition coefficient (Wildman–Crippen LogP) is 4.29. The number of anilines is 2. The Morgan fingerprint density at radius 2 is 2.17 bits per heavy atom. The third-order valence-electron chi connectivity index (χ3n) is 3.49. The van der Waals surface area contributed by atoms with E-state index in [1.165, 1.54) is 0 Å². The second-order valence-corrected chi connectivity index (χ2v) is 5.61. The third-order valence-corrected chi connectivity index (χ3v) is 3.73. The lowest BCUT2D eigenvalue weighted by Crippen LogP contribution is -2.13. The van der Waals surface area contributed by atoms with Gasteiger partial charge in [0.1, 0.15) is 5.65 Å². The fourth-order valence-corrected chi connectivity index (χ4v) is 2.54. The van der Waals surface area contributed by atoms with Crippen LogP contribution in [-0.2, 0) is 0 Å². The van der Waals surface area contributed by atoms with E-state index in [9.17, 15) is 4.79 Å². The summed E-state index contributed by atoms with van der Waals surface area (Å²) in [6.45, 7) is 2.90. The van der Waals surface area contributed by atoms with Crippen LogP contribution in [0, 0.1) is 0 Å². The molecule has 1 aromatic carbocycles. The van der Waals surface area contributed by atoms with Crippen molar-refractivity contribution in [1.82, 2.24) is 9.97 Å². The zero-order valence-corrected chi connectivity index (χ0v) is 13.4. The Balaban J connectivity index is 1.89.